The summed E-state index contributed by atoms with van der Waals surface area (Å²) < 4.78 is 33.6. The molecule has 0 unspecified atom stereocenters. The van der Waals surface area contributed by atoms with Crippen LogP contribution in [0.5, 0.6) is 0 Å². The van der Waals surface area contributed by atoms with E-state index in [1.165, 1.54) is 35.4 Å². The average Bonchev–Trinajstić information content (AvgIpc) is 3.29. The van der Waals surface area contributed by atoms with Crippen LogP contribution in [0.3, 0.4) is 0 Å². The molecule has 35 heavy (non-hydrogen) atoms. The van der Waals surface area contributed by atoms with Crippen molar-refractivity contribution in [3.05, 3.63) is 70.6 Å². The highest BCUT2D eigenvalue weighted by atomic mass is 32.2. The molecule has 0 radical (unpaired) electrons. The number of hydrogen-bond acceptors (Lipinski definition) is 6. The summed E-state index contributed by atoms with van der Waals surface area (Å²) in [4.78, 5) is 12.9. The lowest BCUT2D eigenvalue weighted by atomic mass is 9.95. The first-order valence-electron chi connectivity index (χ1n) is 12.1. The van der Waals surface area contributed by atoms with Gasteiger partial charge in [-0.3, -0.25) is 10.1 Å². The Morgan fingerprint density at radius 2 is 1.74 bits per heavy atom. The maximum Gasteiger partial charge on any atom is 0.322 e. The molecule has 0 aliphatic heterocycles. The summed E-state index contributed by atoms with van der Waals surface area (Å²) in [5.41, 5.74) is 3.74. The fourth-order valence-corrected chi connectivity index (χ4v) is 6.23. The number of nitrogens with one attached hydrogen (secondary N) is 1. The molecule has 1 heterocycles. The molecule has 1 saturated carbocycles. The maximum atomic E-state index is 13.2. The van der Waals surface area contributed by atoms with Crippen molar-refractivity contribution >= 4 is 21.9 Å². The van der Waals surface area contributed by atoms with E-state index in [9.17, 15) is 13.2 Å². The van der Waals surface area contributed by atoms with E-state index in [4.69, 9.17) is 4.42 Å². The van der Waals surface area contributed by atoms with Gasteiger partial charge in [0.25, 0.3) is 5.91 Å². The standard InChI is InChI=1S/C26H32N4O4S/c1-4-30(22-8-6-5-7-9-22)35(32,33)23-14-12-21(13-15-23)25(31)27-26-29-28-24(34-26)17-20-11-10-18(2)19(3)16-20/h10-16,22H,4-9,17H2,1-3H3,(H,27,29,31). The summed E-state index contributed by atoms with van der Waals surface area (Å²) >= 11 is 0. The van der Waals surface area contributed by atoms with Gasteiger partial charge in [-0.15, -0.1) is 5.10 Å². The Balaban J connectivity index is 1.41. The molecular formula is C26H32N4O4S. The van der Waals surface area contributed by atoms with E-state index in [0.717, 1.165) is 37.7 Å². The van der Waals surface area contributed by atoms with Crippen LogP contribution in [0.25, 0.3) is 0 Å². The Bertz CT molecular complexity index is 1280. The Morgan fingerprint density at radius 3 is 2.40 bits per heavy atom. The SMILES string of the molecule is CCN(C1CCCCC1)S(=O)(=O)c1ccc(C(=O)Nc2nnc(Cc3ccc(C)c(C)c3)o2)cc1. The van der Waals surface area contributed by atoms with Gasteiger partial charge in [0.15, 0.2) is 0 Å². The van der Waals surface area contributed by atoms with E-state index in [0.29, 0.717) is 24.4 Å². The Kier molecular flexibility index (Phi) is 7.66. The molecule has 1 fully saturated rings. The van der Waals surface area contributed by atoms with Crippen molar-refractivity contribution in [3.8, 4) is 0 Å². The highest BCUT2D eigenvalue weighted by molar-refractivity contribution is 7.89. The van der Waals surface area contributed by atoms with Crippen molar-refractivity contribution in [3.63, 3.8) is 0 Å². The van der Waals surface area contributed by atoms with Crippen LogP contribution in [-0.2, 0) is 16.4 Å². The number of rotatable bonds is 8. The molecule has 9 heteroatoms. The van der Waals surface area contributed by atoms with Gasteiger partial charge in [-0.1, -0.05) is 49.5 Å². The van der Waals surface area contributed by atoms with Crippen LogP contribution in [0.15, 0.2) is 51.8 Å². The van der Waals surface area contributed by atoms with Crippen molar-refractivity contribution in [2.75, 3.05) is 11.9 Å². The molecule has 1 aromatic heterocycles. The predicted octanol–water partition coefficient (Wildman–Crippen LogP) is 4.87. The number of amides is 1. The minimum Gasteiger partial charge on any atom is -0.407 e. The lowest BCUT2D eigenvalue weighted by Crippen LogP contribution is -2.41. The molecule has 186 valence electrons. The van der Waals surface area contributed by atoms with Crippen molar-refractivity contribution in [2.24, 2.45) is 0 Å². The highest BCUT2D eigenvalue weighted by Crippen LogP contribution is 2.28. The van der Waals surface area contributed by atoms with Crippen LogP contribution in [-0.4, -0.2) is 41.4 Å². The second-order valence-corrected chi connectivity index (χ2v) is 11.0. The molecule has 0 spiro atoms. The van der Waals surface area contributed by atoms with E-state index in [1.54, 1.807) is 4.31 Å². The summed E-state index contributed by atoms with van der Waals surface area (Å²) in [5.74, 6) is -0.0534. The van der Waals surface area contributed by atoms with Gasteiger partial charge >= 0.3 is 6.01 Å². The number of carbonyl (C=O) groups excluding carboxylic acids is 1. The van der Waals surface area contributed by atoms with E-state index in [-0.39, 0.29) is 17.0 Å². The number of nitrogens with zero attached hydrogens (tertiary/aromatic N) is 3. The smallest absolute Gasteiger partial charge is 0.322 e. The van der Waals surface area contributed by atoms with Gasteiger partial charge in [0.05, 0.1) is 11.3 Å². The number of anilines is 1. The molecule has 1 N–H and O–H groups in total. The molecule has 1 aliphatic carbocycles. The Hall–Kier alpha value is -3.04. The van der Waals surface area contributed by atoms with Crippen molar-refractivity contribution in [1.29, 1.82) is 0 Å². The topological polar surface area (TPSA) is 105 Å². The summed E-state index contributed by atoms with van der Waals surface area (Å²) in [6.07, 6.45) is 5.51. The zero-order valence-electron chi connectivity index (χ0n) is 20.5. The van der Waals surface area contributed by atoms with Crippen LogP contribution in [0, 0.1) is 13.8 Å². The molecular weight excluding hydrogens is 464 g/mol. The third kappa shape index (κ3) is 5.79. The summed E-state index contributed by atoms with van der Waals surface area (Å²) in [6.45, 7) is 6.39. The third-order valence-electron chi connectivity index (χ3n) is 6.63. The summed E-state index contributed by atoms with van der Waals surface area (Å²) in [6, 6.07) is 12.1. The molecule has 0 atom stereocenters. The lowest BCUT2D eigenvalue weighted by Gasteiger charge is -2.32. The van der Waals surface area contributed by atoms with Gasteiger partial charge < -0.3 is 4.42 Å². The second kappa shape index (κ2) is 10.7. The van der Waals surface area contributed by atoms with Gasteiger partial charge in [0.2, 0.25) is 15.9 Å². The number of aryl methyl sites for hydroxylation is 2. The number of benzene rings is 2. The first-order chi connectivity index (χ1) is 16.8. The van der Waals surface area contributed by atoms with Crippen LogP contribution >= 0.6 is 0 Å². The van der Waals surface area contributed by atoms with Gasteiger partial charge in [0.1, 0.15) is 0 Å². The number of hydrogen-bond donors (Lipinski definition) is 1. The van der Waals surface area contributed by atoms with E-state index in [2.05, 4.69) is 28.5 Å². The molecule has 0 saturated heterocycles. The monoisotopic (exact) mass is 496 g/mol. The van der Waals surface area contributed by atoms with Crippen LogP contribution in [0.2, 0.25) is 0 Å². The number of aromatic nitrogens is 2. The van der Waals surface area contributed by atoms with Gasteiger partial charge in [-0.2, -0.15) is 4.31 Å². The van der Waals surface area contributed by atoms with E-state index >= 15 is 0 Å². The first-order valence-corrected chi connectivity index (χ1v) is 13.5. The van der Waals surface area contributed by atoms with Gasteiger partial charge in [0, 0.05) is 18.2 Å². The largest absolute Gasteiger partial charge is 0.407 e. The second-order valence-electron chi connectivity index (χ2n) is 9.08. The number of sulfonamides is 1. The minimum atomic E-state index is -3.62. The van der Waals surface area contributed by atoms with Crippen molar-refractivity contribution < 1.29 is 17.6 Å². The minimum absolute atomic E-state index is 0.0000108. The number of carbonyl (C=O) groups is 1. The normalized spacial score (nSPS) is 14.9. The quantitative estimate of drug-likeness (QED) is 0.477. The fraction of sp³-hybridized carbons (Fsp3) is 0.423. The van der Waals surface area contributed by atoms with Crippen molar-refractivity contribution in [1.82, 2.24) is 14.5 Å². The Morgan fingerprint density at radius 1 is 1.03 bits per heavy atom. The van der Waals surface area contributed by atoms with Gasteiger partial charge in [-0.25, -0.2) is 8.42 Å². The molecule has 1 amide bonds. The van der Waals surface area contributed by atoms with Gasteiger partial charge in [-0.05, 0) is 67.6 Å². The van der Waals surface area contributed by atoms with Crippen LogP contribution in [0.4, 0.5) is 6.01 Å². The van der Waals surface area contributed by atoms with E-state index in [1.807, 2.05) is 26.0 Å². The predicted molar refractivity (Wildman–Crippen MR) is 134 cm³/mol. The maximum absolute atomic E-state index is 13.2. The molecule has 2 aromatic carbocycles. The molecule has 8 nitrogen and oxygen atoms in total. The first kappa shape index (κ1) is 25.1. The average molecular weight is 497 g/mol. The Labute approximate surface area is 206 Å². The zero-order chi connectivity index (χ0) is 25.0. The lowest BCUT2D eigenvalue weighted by molar-refractivity contribution is 0.102. The summed E-state index contributed by atoms with van der Waals surface area (Å²) in [7, 11) is -3.62. The molecule has 1 aliphatic rings. The zero-order valence-corrected chi connectivity index (χ0v) is 21.3. The van der Waals surface area contributed by atoms with Crippen LogP contribution in [0.1, 0.15) is 72.0 Å². The molecule has 4 rings (SSSR count). The summed E-state index contributed by atoms with van der Waals surface area (Å²) in [5, 5.41) is 10.5. The van der Waals surface area contributed by atoms with E-state index < -0.39 is 15.9 Å². The third-order valence-corrected chi connectivity index (χ3v) is 8.67. The molecule has 0 bridgehead atoms. The van der Waals surface area contributed by atoms with Crippen molar-refractivity contribution in [2.45, 2.75) is 70.2 Å². The fourth-order valence-electron chi connectivity index (χ4n) is 4.54. The molecule has 3 aromatic rings. The highest BCUT2D eigenvalue weighted by Gasteiger charge is 2.31. The van der Waals surface area contributed by atoms with Crippen LogP contribution < -0.4 is 5.32 Å².